The number of carbonyl (C=O) groups excluding carboxylic acids is 2. The number of hydrogen-bond donors (Lipinski definition) is 2. The van der Waals surface area contributed by atoms with Crippen molar-refractivity contribution in [2.75, 3.05) is 6.54 Å². The molecule has 0 unspecified atom stereocenters. The second-order valence-electron chi connectivity index (χ2n) is 4.39. The highest BCUT2D eigenvalue weighted by Gasteiger charge is 2.10. The third-order valence-corrected chi connectivity index (χ3v) is 2.99. The summed E-state index contributed by atoms with van der Waals surface area (Å²) in [7, 11) is 0. The summed E-state index contributed by atoms with van der Waals surface area (Å²) in [5.41, 5.74) is 1.56. The molecule has 21 heavy (non-hydrogen) atoms. The second kappa shape index (κ2) is 6.99. The third-order valence-electron chi connectivity index (χ3n) is 2.80. The first-order valence-corrected chi connectivity index (χ1v) is 6.72. The maximum Gasteiger partial charge on any atom is 0.269 e. The molecule has 0 aliphatic carbocycles. The van der Waals surface area contributed by atoms with E-state index in [1.807, 2.05) is 0 Å². The molecule has 1 aromatic carbocycles. The molecule has 2 rings (SSSR count). The van der Waals surface area contributed by atoms with Crippen molar-refractivity contribution >= 4 is 22.8 Å². The highest BCUT2D eigenvalue weighted by atomic mass is 35.5. The van der Waals surface area contributed by atoms with Crippen LogP contribution < -0.4 is 5.32 Å². The van der Waals surface area contributed by atoms with Crippen LogP contribution in [0.25, 0.3) is 11.3 Å². The molecule has 0 fully saturated rings. The molecule has 0 aliphatic rings. The van der Waals surface area contributed by atoms with Crippen LogP contribution in [0.15, 0.2) is 30.3 Å². The molecule has 5 nitrogen and oxygen atoms in total. The van der Waals surface area contributed by atoms with Gasteiger partial charge >= 0.3 is 0 Å². The molecular formula is C14H13ClFN3O2. The van der Waals surface area contributed by atoms with Crippen molar-refractivity contribution < 1.29 is 14.0 Å². The molecule has 7 heteroatoms. The molecule has 0 saturated heterocycles. The van der Waals surface area contributed by atoms with E-state index in [1.54, 1.807) is 18.2 Å². The van der Waals surface area contributed by atoms with E-state index in [9.17, 15) is 14.0 Å². The van der Waals surface area contributed by atoms with E-state index in [1.165, 1.54) is 12.1 Å². The monoisotopic (exact) mass is 309 g/mol. The molecule has 0 aliphatic heterocycles. The van der Waals surface area contributed by atoms with Gasteiger partial charge in [0.15, 0.2) is 0 Å². The Morgan fingerprint density at radius 3 is 2.67 bits per heavy atom. The fourth-order valence-corrected chi connectivity index (χ4v) is 1.86. The Morgan fingerprint density at radius 2 is 2.00 bits per heavy atom. The maximum absolute atomic E-state index is 12.8. The minimum atomic E-state index is -0.426. The summed E-state index contributed by atoms with van der Waals surface area (Å²) in [6.07, 6.45) is 0.693. The first kappa shape index (κ1) is 15.2. The zero-order chi connectivity index (χ0) is 15.2. The number of amides is 1. The summed E-state index contributed by atoms with van der Waals surface area (Å²) in [6.45, 7) is 0.349. The van der Waals surface area contributed by atoms with Gasteiger partial charge in [-0.15, -0.1) is 0 Å². The Labute approximate surface area is 125 Å². The molecule has 2 N–H and O–H groups in total. The molecule has 1 amide bonds. The van der Waals surface area contributed by atoms with Gasteiger partial charge in [0.2, 0.25) is 5.24 Å². The smallest absolute Gasteiger partial charge is 0.269 e. The third kappa shape index (κ3) is 4.39. The lowest BCUT2D eigenvalue weighted by atomic mass is 10.1. The molecule has 110 valence electrons. The number of hydrogen-bond acceptors (Lipinski definition) is 3. The van der Waals surface area contributed by atoms with Gasteiger partial charge in [-0.2, -0.15) is 5.10 Å². The molecule has 0 saturated carbocycles. The van der Waals surface area contributed by atoms with Crippen LogP contribution in [0.1, 0.15) is 23.3 Å². The number of H-pyrrole nitrogens is 1. The van der Waals surface area contributed by atoms with Gasteiger partial charge < -0.3 is 5.32 Å². The van der Waals surface area contributed by atoms with Crippen LogP contribution in [0.2, 0.25) is 0 Å². The van der Waals surface area contributed by atoms with Gasteiger partial charge in [0, 0.05) is 18.5 Å². The average Bonchev–Trinajstić information content (AvgIpc) is 2.94. The SMILES string of the molecule is O=C(Cl)CCCNC(=O)c1cc(-c2ccc(F)cc2)n[nH]1. The van der Waals surface area contributed by atoms with Crippen molar-refractivity contribution in [1.82, 2.24) is 15.5 Å². The number of carbonyl (C=O) groups is 2. The summed E-state index contributed by atoms with van der Waals surface area (Å²) in [5, 5.41) is 8.85. The molecular weight excluding hydrogens is 297 g/mol. The highest BCUT2D eigenvalue weighted by Crippen LogP contribution is 2.17. The van der Waals surface area contributed by atoms with Crippen LogP contribution in [-0.2, 0) is 4.79 Å². The van der Waals surface area contributed by atoms with Gasteiger partial charge in [-0.1, -0.05) is 0 Å². The summed E-state index contributed by atoms with van der Waals surface area (Å²) >= 11 is 5.20. The van der Waals surface area contributed by atoms with E-state index in [0.29, 0.717) is 29.9 Å². The summed E-state index contributed by atoms with van der Waals surface area (Å²) < 4.78 is 12.8. The quantitative estimate of drug-likeness (QED) is 0.636. The molecule has 0 atom stereocenters. The van der Waals surface area contributed by atoms with Crippen LogP contribution >= 0.6 is 11.6 Å². The molecule has 1 heterocycles. The number of halogens is 2. The van der Waals surface area contributed by atoms with Crippen molar-refractivity contribution in [2.45, 2.75) is 12.8 Å². The maximum atomic E-state index is 12.8. The predicted molar refractivity (Wildman–Crippen MR) is 76.4 cm³/mol. The van der Waals surface area contributed by atoms with Gasteiger partial charge in [-0.05, 0) is 48.4 Å². The van der Waals surface area contributed by atoms with Gasteiger partial charge in [-0.3, -0.25) is 14.7 Å². The largest absolute Gasteiger partial charge is 0.351 e. The summed E-state index contributed by atoms with van der Waals surface area (Å²) in [6, 6.07) is 7.40. The Bertz CT molecular complexity index is 640. The Hall–Kier alpha value is -2.21. The number of nitrogens with one attached hydrogen (secondary N) is 2. The highest BCUT2D eigenvalue weighted by molar-refractivity contribution is 6.63. The number of aromatic amines is 1. The fourth-order valence-electron chi connectivity index (χ4n) is 1.73. The zero-order valence-electron chi connectivity index (χ0n) is 11.0. The van der Waals surface area contributed by atoms with Crippen LogP contribution in [0.3, 0.4) is 0 Å². The van der Waals surface area contributed by atoms with E-state index < -0.39 is 5.24 Å². The van der Waals surface area contributed by atoms with E-state index in [2.05, 4.69) is 15.5 Å². The Kier molecular flexibility index (Phi) is 5.05. The van der Waals surface area contributed by atoms with Crippen molar-refractivity contribution in [2.24, 2.45) is 0 Å². The number of benzene rings is 1. The van der Waals surface area contributed by atoms with Crippen LogP contribution in [0.5, 0.6) is 0 Å². The predicted octanol–water partition coefficient (Wildman–Crippen LogP) is 2.49. The van der Waals surface area contributed by atoms with Gasteiger partial charge in [0.25, 0.3) is 5.91 Å². The Balaban J connectivity index is 1.94. The van der Waals surface area contributed by atoms with E-state index in [0.717, 1.165) is 0 Å². The second-order valence-corrected chi connectivity index (χ2v) is 4.81. The van der Waals surface area contributed by atoms with Crippen LogP contribution in [0.4, 0.5) is 4.39 Å². The van der Waals surface area contributed by atoms with Crippen LogP contribution in [-0.4, -0.2) is 27.9 Å². The van der Waals surface area contributed by atoms with Gasteiger partial charge in [-0.25, -0.2) is 4.39 Å². The minimum absolute atomic E-state index is 0.214. The average molecular weight is 310 g/mol. The standard InChI is InChI=1S/C14H13ClFN3O2/c15-13(20)2-1-7-17-14(21)12-8-11(18-19-12)9-3-5-10(16)6-4-9/h3-6,8H,1-2,7H2,(H,17,21)(H,18,19). The number of nitrogens with zero attached hydrogens (tertiary/aromatic N) is 1. The molecule has 0 bridgehead atoms. The molecule has 1 aromatic heterocycles. The Morgan fingerprint density at radius 1 is 1.29 bits per heavy atom. The van der Waals surface area contributed by atoms with Gasteiger partial charge in [0.1, 0.15) is 11.5 Å². The van der Waals surface area contributed by atoms with Crippen molar-refractivity contribution in [3.63, 3.8) is 0 Å². The van der Waals surface area contributed by atoms with Crippen molar-refractivity contribution in [1.29, 1.82) is 0 Å². The first-order valence-electron chi connectivity index (χ1n) is 6.34. The lowest BCUT2D eigenvalue weighted by Crippen LogP contribution is -2.25. The lowest BCUT2D eigenvalue weighted by molar-refractivity contribution is -0.111. The molecule has 0 radical (unpaired) electrons. The number of rotatable bonds is 6. The topological polar surface area (TPSA) is 74.8 Å². The van der Waals surface area contributed by atoms with E-state index in [-0.39, 0.29) is 18.1 Å². The van der Waals surface area contributed by atoms with Gasteiger partial charge in [0.05, 0.1) is 5.69 Å². The zero-order valence-corrected chi connectivity index (χ0v) is 11.8. The van der Waals surface area contributed by atoms with E-state index >= 15 is 0 Å². The van der Waals surface area contributed by atoms with Crippen molar-refractivity contribution in [3.8, 4) is 11.3 Å². The lowest BCUT2D eigenvalue weighted by Gasteiger charge is -2.01. The summed E-state index contributed by atoms with van der Waals surface area (Å²) in [4.78, 5) is 22.4. The first-order chi connectivity index (χ1) is 10.1. The minimum Gasteiger partial charge on any atom is -0.351 e. The normalized spacial score (nSPS) is 10.4. The fraction of sp³-hybridized carbons (Fsp3) is 0.214. The molecule has 2 aromatic rings. The van der Waals surface area contributed by atoms with E-state index in [4.69, 9.17) is 11.6 Å². The molecule has 0 spiro atoms. The summed E-state index contributed by atoms with van der Waals surface area (Å²) in [5.74, 6) is -0.654. The number of aromatic nitrogens is 2. The van der Waals surface area contributed by atoms with Crippen molar-refractivity contribution in [3.05, 3.63) is 41.8 Å². The van der Waals surface area contributed by atoms with Crippen LogP contribution in [0, 0.1) is 5.82 Å².